The minimum Gasteiger partial charge on any atom is -0.354 e. The normalized spacial score (nSPS) is 14.1. The van der Waals surface area contributed by atoms with Crippen molar-refractivity contribution in [2.24, 2.45) is 5.92 Å². The summed E-state index contributed by atoms with van der Waals surface area (Å²) >= 11 is 3.02. The first-order chi connectivity index (χ1) is 6.74. The van der Waals surface area contributed by atoms with E-state index >= 15 is 0 Å². The number of hydrogen-bond acceptors (Lipinski definition) is 2. The molecular weight excluding hydrogens is 295 g/mol. The Morgan fingerprint density at radius 3 is 2.40 bits per heavy atom. The van der Waals surface area contributed by atoms with Gasteiger partial charge in [0.1, 0.15) is 0 Å². The standard InChI is InChI=1S/C8H13BrF3NOS/c1-5(2)6(9)7(14)13-3-4-15-8(10,11)12/h5-6H,3-4H2,1-2H3,(H,13,14). The smallest absolute Gasteiger partial charge is 0.354 e. The largest absolute Gasteiger partial charge is 0.441 e. The second-order valence-corrected chi connectivity index (χ2v) is 5.38. The molecular formula is C8H13BrF3NOS. The van der Waals surface area contributed by atoms with Gasteiger partial charge in [0.2, 0.25) is 5.91 Å². The Morgan fingerprint density at radius 2 is 2.00 bits per heavy atom. The first-order valence-corrected chi connectivity index (χ1v) is 6.26. The number of rotatable bonds is 5. The summed E-state index contributed by atoms with van der Waals surface area (Å²) in [5.41, 5.74) is -4.23. The molecule has 0 aromatic carbocycles. The SMILES string of the molecule is CC(C)C(Br)C(=O)NCCSC(F)(F)F. The van der Waals surface area contributed by atoms with Gasteiger partial charge < -0.3 is 5.32 Å². The van der Waals surface area contributed by atoms with Crippen LogP contribution in [0.1, 0.15) is 13.8 Å². The van der Waals surface area contributed by atoms with Crippen LogP contribution in [-0.2, 0) is 4.79 Å². The van der Waals surface area contributed by atoms with Gasteiger partial charge in [-0.1, -0.05) is 29.8 Å². The van der Waals surface area contributed by atoms with Crippen molar-refractivity contribution in [1.82, 2.24) is 5.32 Å². The van der Waals surface area contributed by atoms with E-state index in [2.05, 4.69) is 21.2 Å². The Kier molecular flexibility index (Phi) is 6.66. The number of alkyl halides is 4. The second-order valence-electron chi connectivity index (χ2n) is 3.23. The number of amides is 1. The molecule has 90 valence electrons. The van der Waals surface area contributed by atoms with Gasteiger partial charge in [0, 0.05) is 12.3 Å². The molecule has 0 fully saturated rings. The lowest BCUT2D eigenvalue weighted by Crippen LogP contribution is -2.35. The van der Waals surface area contributed by atoms with Crippen LogP contribution in [-0.4, -0.2) is 28.5 Å². The Morgan fingerprint density at radius 1 is 1.47 bits per heavy atom. The lowest BCUT2D eigenvalue weighted by molar-refractivity contribution is -0.120. The van der Waals surface area contributed by atoms with E-state index in [0.717, 1.165) is 0 Å². The van der Waals surface area contributed by atoms with E-state index in [1.165, 1.54) is 0 Å². The van der Waals surface area contributed by atoms with Crippen molar-refractivity contribution in [3.05, 3.63) is 0 Å². The first-order valence-electron chi connectivity index (χ1n) is 4.36. The molecule has 0 bridgehead atoms. The number of carbonyl (C=O) groups excluding carboxylic acids is 1. The highest BCUT2D eigenvalue weighted by Crippen LogP contribution is 2.29. The summed E-state index contributed by atoms with van der Waals surface area (Å²) in [6.07, 6.45) is 0. The van der Waals surface area contributed by atoms with Crippen molar-refractivity contribution in [3.63, 3.8) is 0 Å². The molecule has 7 heteroatoms. The molecule has 2 nitrogen and oxygen atoms in total. The summed E-state index contributed by atoms with van der Waals surface area (Å²) in [5.74, 6) is -0.319. The van der Waals surface area contributed by atoms with Gasteiger partial charge in [0.05, 0.1) is 4.83 Å². The number of carbonyl (C=O) groups is 1. The Balaban J connectivity index is 3.65. The number of thioether (sulfide) groups is 1. The highest BCUT2D eigenvalue weighted by Gasteiger charge is 2.27. The maximum atomic E-state index is 11.7. The van der Waals surface area contributed by atoms with E-state index in [9.17, 15) is 18.0 Å². The predicted octanol–water partition coefficient (Wildman–Crippen LogP) is 2.78. The molecule has 0 saturated carbocycles. The minimum absolute atomic E-state index is 0.0256. The molecule has 1 amide bonds. The third-order valence-corrected chi connectivity index (χ3v) is 3.71. The van der Waals surface area contributed by atoms with Crippen LogP contribution in [0.25, 0.3) is 0 Å². The number of hydrogen-bond donors (Lipinski definition) is 1. The van der Waals surface area contributed by atoms with Crippen molar-refractivity contribution >= 4 is 33.6 Å². The van der Waals surface area contributed by atoms with E-state index in [0.29, 0.717) is 0 Å². The zero-order valence-corrected chi connectivity index (χ0v) is 10.8. The summed E-state index contributed by atoms with van der Waals surface area (Å²) in [5, 5.41) is 2.43. The fourth-order valence-electron chi connectivity index (χ4n) is 0.741. The monoisotopic (exact) mass is 307 g/mol. The molecule has 1 unspecified atom stereocenters. The number of nitrogens with one attached hydrogen (secondary N) is 1. The van der Waals surface area contributed by atoms with Crippen LogP contribution in [0.4, 0.5) is 13.2 Å². The molecule has 0 radical (unpaired) electrons. The summed E-state index contributed by atoms with van der Waals surface area (Å²) in [7, 11) is 0. The van der Waals surface area contributed by atoms with E-state index in [1.807, 2.05) is 13.8 Å². The van der Waals surface area contributed by atoms with E-state index in [1.54, 1.807) is 0 Å². The highest BCUT2D eigenvalue weighted by molar-refractivity contribution is 9.10. The Bertz CT molecular complexity index is 211. The molecule has 0 aliphatic carbocycles. The van der Waals surface area contributed by atoms with Crippen molar-refractivity contribution in [1.29, 1.82) is 0 Å². The maximum Gasteiger partial charge on any atom is 0.441 e. The molecule has 0 saturated heterocycles. The number of halogens is 4. The zero-order chi connectivity index (χ0) is 12.1. The molecule has 0 heterocycles. The predicted molar refractivity (Wildman–Crippen MR) is 59.1 cm³/mol. The average Bonchev–Trinajstić information content (AvgIpc) is 2.09. The molecule has 15 heavy (non-hydrogen) atoms. The van der Waals surface area contributed by atoms with Crippen molar-refractivity contribution < 1.29 is 18.0 Å². The molecule has 1 N–H and O–H groups in total. The molecule has 0 aliphatic rings. The Hall–Kier alpha value is 0.0900. The van der Waals surface area contributed by atoms with Crippen molar-refractivity contribution in [3.8, 4) is 0 Å². The lowest BCUT2D eigenvalue weighted by Gasteiger charge is -2.13. The van der Waals surface area contributed by atoms with E-state index < -0.39 is 5.51 Å². The highest BCUT2D eigenvalue weighted by atomic mass is 79.9. The summed E-state index contributed by atoms with van der Waals surface area (Å²) in [6.45, 7) is 3.73. The summed E-state index contributed by atoms with van der Waals surface area (Å²) < 4.78 is 35.1. The van der Waals surface area contributed by atoms with Gasteiger partial charge in [0.25, 0.3) is 0 Å². The van der Waals surface area contributed by atoms with Gasteiger partial charge >= 0.3 is 5.51 Å². The lowest BCUT2D eigenvalue weighted by atomic mass is 10.1. The molecule has 0 aliphatic heterocycles. The fourth-order valence-corrected chi connectivity index (χ4v) is 1.34. The fraction of sp³-hybridized carbons (Fsp3) is 0.875. The van der Waals surface area contributed by atoms with Crippen molar-refractivity contribution in [2.45, 2.75) is 24.2 Å². The Labute approximate surface area is 99.5 Å². The zero-order valence-electron chi connectivity index (χ0n) is 8.40. The molecule has 0 spiro atoms. The quantitative estimate of drug-likeness (QED) is 0.625. The van der Waals surface area contributed by atoms with Crippen LogP contribution in [0.15, 0.2) is 0 Å². The van der Waals surface area contributed by atoms with Crippen LogP contribution in [0, 0.1) is 5.92 Å². The summed E-state index contributed by atoms with van der Waals surface area (Å²) in [6, 6.07) is 0. The molecule has 0 rings (SSSR count). The first kappa shape index (κ1) is 15.1. The third kappa shape index (κ3) is 7.96. The molecule has 1 atom stereocenters. The van der Waals surface area contributed by atoms with Gasteiger partial charge in [-0.15, -0.1) is 0 Å². The van der Waals surface area contributed by atoms with Gasteiger partial charge in [-0.05, 0) is 17.7 Å². The van der Waals surface area contributed by atoms with Crippen LogP contribution in [0.3, 0.4) is 0 Å². The average molecular weight is 308 g/mol. The maximum absolute atomic E-state index is 11.7. The van der Waals surface area contributed by atoms with Gasteiger partial charge in [-0.2, -0.15) is 13.2 Å². The van der Waals surface area contributed by atoms with Crippen LogP contribution in [0.2, 0.25) is 0 Å². The third-order valence-electron chi connectivity index (χ3n) is 1.50. The van der Waals surface area contributed by atoms with Crippen molar-refractivity contribution in [2.75, 3.05) is 12.3 Å². The molecule has 0 aromatic rings. The minimum atomic E-state index is -4.23. The van der Waals surface area contributed by atoms with Gasteiger partial charge in [-0.25, -0.2) is 0 Å². The van der Waals surface area contributed by atoms with E-state index in [4.69, 9.17) is 0 Å². The van der Waals surface area contributed by atoms with E-state index in [-0.39, 0.29) is 40.7 Å². The van der Waals surface area contributed by atoms with Crippen LogP contribution < -0.4 is 5.32 Å². The van der Waals surface area contributed by atoms with Gasteiger partial charge in [0.15, 0.2) is 0 Å². The summed E-state index contributed by atoms with van der Waals surface area (Å²) in [4.78, 5) is 10.9. The molecule has 0 aromatic heterocycles. The van der Waals surface area contributed by atoms with Crippen LogP contribution in [0.5, 0.6) is 0 Å². The van der Waals surface area contributed by atoms with Gasteiger partial charge in [-0.3, -0.25) is 4.79 Å². The topological polar surface area (TPSA) is 29.1 Å². The second kappa shape index (κ2) is 6.62. The van der Waals surface area contributed by atoms with Crippen LogP contribution >= 0.6 is 27.7 Å².